The molecule has 0 N–H and O–H groups in total. The second-order valence-corrected chi connectivity index (χ2v) is 9.05. The molecule has 2 aromatic carbocycles. The molecule has 0 spiro atoms. The number of hydrogen-bond acceptors (Lipinski definition) is 3. The van der Waals surface area contributed by atoms with Crippen molar-refractivity contribution in [1.29, 1.82) is 0 Å². The molecule has 186 valence electrons. The summed E-state index contributed by atoms with van der Waals surface area (Å²) in [5.74, 6) is 1.66. The van der Waals surface area contributed by atoms with E-state index in [0.717, 1.165) is 59.4 Å². The SMILES string of the molecule is CCC(CC)n1c(/C=C/C=C/C(=O)/C=C/c2nc3ccccc3n2C(CC)CC)nc2ccccc21. The van der Waals surface area contributed by atoms with Gasteiger partial charge in [-0.3, -0.25) is 4.79 Å². The van der Waals surface area contributed by atoms with Crippen LogP contribution in [-0.2, 0) is 4.79 Å². The third-order valence-corrected chi connectivity index (χ3v) is 6.88. The van der Waals surface area contributed by atoms with Crippen LogP contribution in [0.4, 0.5) is 0 Å². The summed E-state index contributed by atoms with van der Waals surface area (Å²) in [6.45, 7) is 8.79. The van der Waals surface area contributed by atoms with Crippen LogP contribution in [0.1, 0.15) is 77.1 Å². The minimum absolute atomic E-state index is 0.0729. The van der Waals surface area contributed by atoms with Crippen LogP contribution in [0.2, 0.25) is 0 Å². The lowest BCUT2D eigenvalue weighted by molar-refractivity contribution is -0.110. The number of allylic oxidation sites excluding steroid dienone is 4. The Hall–Kier alpha value is -3.73. The Kier molecular flexibility index (Phi) is 8.32. The van der Waals surface area contributed by atoms with Crippen molar-refractivity contribution in [3.05, 3.63) is 84.5 Å². The van der Waals surface area contributed by atoms with Gasteiger partial charge in [0.05, 0.1) is 22.1 Å². The molecule has 0 aliphatic rings. The summed E-state index contributed by atoms with van der Waals surface area (Å²) in [4.78, 5) is 22.2. The Morgan fingerprint density at radius 1 is 0.694 bits per heavy atom. The topological polar surface area (TPSA) is 52.7 Å². The lowest BCUT2D eigenvalue weighted by Crippen LogP contribution is -2.08. The van der Waals surface area contributed by atoms with Gasteiger partial charge in [0.1, 0.15) is 11.6 Å². The Morgan fingerprint density at radius 3 is 1.67 bits per heavy atom. The summed E-state index contributed by atoms with van der Waals surface area (Å²) < 4.78 is 4.56. The molecule has 0 amide bonds. The first-order chi connectivity index (χ1) is 17.6. The molecule has 4 aromatic rings. The molecule has 0 atom stereocenters. The van der Waals surface area contributed by atoms with Crippen LogP contribution in [0.5, 0.6) is 0 Å². The third-order valence-electron chi connectivity index (χ3n) is 6.88. The van der Waals surface area contributed by atoms with Gasteiger partial charge in [-0.05, 0) is 74.3 Å². The zero-order valence-electron chi connectivity index (χ0n) is 21.8. The van der Waals surface area contributed by atoms with E-state index in [2.05, 4.69) is 55.0 Å². The van der Waals surface area contributed by atoms with E-state index in [4.69, 9.17) is 9.97 Å². The summed E-state index contributed by atoms with van der Waals surface area (Å²) in [6, 6.07) is 17.1. The van der Waals surface area contributed by atoms with Gasteiger partial charge < -0.3 is 9.13 Å². The average molecular weight is 481 g/mol. The zero-order valence-corrected chi connectivity index (χ0v) is 21.8. The van der Waals surface area contributed by atoms with Gasteiger partial charge in [0.2, 0.25) is 0 Å². The highest BCUT2D eigenvalue weighted by molar-refractivity contribution is 6.02. The molecule has 0 bridgehead atoms. The van der Waals surface area contributed by atoms with E-state index in [1.54, 1.807) is 18.2 Å². The number of fused-ring (bicyclic) bond motifs is 2. The number of carbonyl (C=O) groups excluding carboxylic acids is 1. The second kappa shape index (κ2) is 11.8. The predicted molar refractivity (Wildman–Crippen MR) is 151 cm³/mol. The summed E-state index contributed by atoms with van der Waals surface area (Å²) in [5.41, 5.74) is 4.20. The number of carbonyl (C=O) groups is 1. The predicted octanol–water partition coefficient (Wildman–Crippen LogP) is 7.96. The summed E-state index contributed by atoms with van der Waals surface area (Å²) in [5, 5.41) is 0. The number of imidazole rings is 2. The number of benzene rings is 2. The quantitative estimate of drug-likeness (QED) is 0.162. The lowest BCUT2D eigenvalue weighted by atomic mass is 10.1. The van der Waals surface area contributed by atoms with E-state index >= 15 is 0 Å². The first-order valence-electron chi connectivity index (χ1n) is 13.1. The molecule has 0 radical (unpaired) electrons. The van der Waals surface area contributed by atoms with Gasteiger partial charge >= 0.3 is 0 Å². The van der Waals surface area contributed by atoms with E-state index in [1.807, 2.05) is 48.6 Å². The number of ketones is 1. The number of rotatable bonds is 11. The Labute approximate surface area is 213 Å². The van der Waals surface area contributed by atoms with Crippen molar-refractivity contribution >= 4 is 40.0 Å². The minimum Gasteiger partial charge on any atom is -0.321 e. The summed E-state index contributed by atoms with van der Waals surface area (Å²) in [7, 11) is 0. The van der Waals surface area contributed by atoms with E-state index in [1.165, 1.54) is 0 Å². The normalized spacial score (nSPS) is 12.6. The van der Waals surface area contributed by atoms with Crippen molar-refractivity contribution in [2.45, 2.75) is 65.5 Å². The maximum Gasteiger partial charge on any atom is 0.178 e. The highest BCUT2D eigenvalue weighted by atomic mass is 16.1. The molecular weight excluding hydrogens is 444 g/mol. The van der Waals surface area contributed by atoms with Crippen molar-refractivity contribution in [2.75, 3.05) is 0 Å². The van der Waals surface area contributed by atoms with Gasteiger partial charge in [0.15, 0.2) is 5.78 Å². The van der Waals surface area contributed by atoms with Crippen molar-refractivity contribution in [3.63, 3.8) is 0 Å². The smallest absolute Gasteiger partial charge is 0.178 e. The summed E-state index contributed by atoms with van der Waals surface area (Å²) in [6.07, 6.45) is 14.8. The molecule has 0 aliphatic heterocycles. The Morgan fingerprint density at radius 2 is 1.17 bits per heavy atom. The highest BCUT2D eigenvalue weighted by Crippen LogP contribution is 2.27. The molecule has 0 saturated carbocycles. The molecule has 4 rings (SSSR count). The Balaban J connectivity index is 1.54. The minimum atomic E-state index is -0.0729. The highest BCUT2D eigenvalue weighted by Gasteiger charge is 2.16. The second-order valence-electron chi connectivity index (χ2n) is 9.05. The zero-order chi connectivity index (χ0) is 25.5. The monoisotopic (exact) mass is 480 g/mol. The van der Waals surface area contributed by atoms with Gasteiger partial charge in [0.25, 0.3) is 0 Å². The largest absolute Gasteiger partial charge is 0.321 e. The molecule has 0 unspecified atom stereocenters. The lowest BCUT2D eigenvalue weighted by Gasteiger charge is -2.17. The van der Waals surface area contributed by atoms with E-state index in [0.29, 0.717) is 12.1 Å². The van der Waals surface area contributed by atoms with Crippen LogP contribution in [-0.4, -0.2) is 24.9 Å². The molecule has 5 nitrogen and oxygen atoms in total. The molecule has 0 saturated heterocycles. The first kappa shape index (κ1) is 25.4. The standard InChI is InChI=1S/C31H36N4O/c1-5-23(6-2)34-28-18-12-10-16-26(28)32-30(34)20-14-9-15-25(36)21-22-31-33-27-17-11-13-19-29(27)35(31)24(7-3)8-4/h9-24H,5-8H2,1-4H3/b15-9+,20-14+,22-21+. The van der Waals surface area contributed by atoms with Crippen LogP contribution in [0, 0.1) is 0 Å². The average Bonchev–Trinajstić information content (AvgIpc) is 3.46. The van der Waals surface area contributed by atoms with Gasteiger partial charge in [-0.15, -0.1) is 0 Å². The van der Waals surface area contributed by atoms with Gasteiger partial charge in [-0.2, -0.15) is 0 Å². The van der Waals surface area contributed by atoms with E-state index < -0.39 is 0 Å². The van der Waals surface area contributed by atoms with Crippen molar-refractivity contribution in [1.82, 2.24) is 19.1 Å². The van der Waals surface area contributed by atoms with Crippen molar-refractivity contribution < 1.29 is 4.79 Å². The van der Waals surface area contributed by atoms with Crippen LogP contribution < -0.4 is 0 Å². The van der Waals surface area contributed by atoms with Crippen LogP contribution in [0.3, 0.4) is 0 Å². The number of hydrogen-bond donors (Lipinski definition) is 0. The fraction of sp³-hybridized carbons (Fsp3) is 0.323. The number of para-hydroxylation sites is 4. The fourth-order valence-electron chi connectivity index (χ4n) is 4.94. The van der Waals surface area contributed by atoms with E-state index in [-0.39, 0.29) is 5.78 Å². The maximum atomic E-state index is 12.6. The molecule has 5 heteroatoms. The fourth-order valence-corrected chi connectivity index (χ4v) is 4.94. The molecule has 2 heterocycles. The van der Waals surface area contributed by atoms with E-state index in [9.17, 15) is 4.79 Å². The number of aromatic nitrogens is 4. The van der Waals surface area contributed by atoms with Crippen LogP contribution >= 0.6 is 0 Å². The molecule has 2 aromatic heterocycles. The third kappa shape index (κ3) is 5.25. The van der Waals surface area contributed by atoms with Crippen molar-refractivity contribution in [2.24, 2.45) is 0 Å². The molecule has 0 aliphatic carbocycles. The Bertz CT molecular complexity index is 1410. The van der Waals surface area contributed by atoms with Crippen LogP contribution in [0.15, 0.2) is 72.8 Å². The summed E-state index contributed by atoms with van der Waals surface area (Å²) >= 11 is 0. The molecular formula is C31H36N4O. The number of nitrogens with zero attached hydrogens (tertiary/aromatic N) is 4. The molecule has 0 fully saturated rings. The van der Waals surface area contributed by atoms with Crippen molar-refractivity contribution in [3.8, 4) is 0 Å². The maximum absolute atomic E-state index is 12.6. The van der Waals surface area contributed by atoms with Gasteiger partial charge in [0, 0.05) is 12.1 Å². The van der Waals surface area contributed by atoms with Gasteiger partial charge in [-0.25, -0.2) is 9.97 Å². The van der Waals surface area contributed by atoms with Gasteiger partial charge in [-0.1, -0.05) is 64.1 Å². The molecule has 36 heavy (non-hydrogen) atoms. The first-order valence-corrected chi connectivity index (χ1v) is 13.1. The van der Waals surface area contributed by atoms with Crippen LogP contribution in [0.25, 0.3) is 34.2 Å².